The second-order valence-corrected chi connectivity index (χ2v) is 5.70. The van der Waals surface area contributed by atoms with Crippen molar-refractivity contribution in [1.82, 2.24) is 9.78 Å². The number of hydrogen-bond acceptors (Lipinski definition) is 2. The first-order valence-electron chi connectivity index (χ1n) is 6.16. The fourth-order valence-corrected chi connectivity index (χ4v) is 1.96. The van der Waals surface area contributed by atoms with E-state index < -0.39 is 0 Å². The number of benzene rings is 1. The van der Waals surface area contributed by atoms with E-state index >= 15 is 0 Å². The molecule has 0 aliphatic rings. The van der Waals surface area contributed by atoms with E-state index in [0.29, 0.717) is 12.0 Å². The van der Waals surface area contributed by atoms with Crippen molar-refractivity contribution in [2.75, 3.05) is 0 Å². The Morgan fingerprint density at radius 3 is 2.59 bits per heavy atom. The van der Waals surface area contributed by atoms with Gasteiger partial charge in [-0.05, 0) is 17.9 Å². The highest BCUT2D eigenvalue weighted by molar-refractivity contribution is 5.81. The molecular formula is C14H21N3. The minimum absolute atomic E-state index is 0.329. The summed E-state index contributed by atoms with van der Waals surface area (Å²) in [7, 11) is 0. The minimum atomic E-state index is 0.329. The van der Waals surface area contributed by atoms with Gasteiger partial charge in [0.1, 0.15) is 0 Å². The van der Waals surface area contributed by atoms with Crippen molar-refractivity contribution in [2.45, 2.75) is 40.3 Å². The first kappa shape index (κ1) is 12.1. The van der Waals surface area contributed by atoms with Crippen LogP contribution in [0.4, 0.5) is 0 Å². The zero-order chi connectivity index (χ0) is 12.5. The van der Waals surface area contributed by atoms with Gasteiger partial charge in [0.15, 0.2) is 0 Å². The van der Waals surface area contributed by atoms with Crippen molar-refractivity contribution in [1.29, 1.82) is 0 Å². The second-order valence-electron chi connectivity index (χ2n) is 5.70. The molecule has 1 heterocycles. The van der Waals surface area contributed by atoms with Gasteiger partial charge in [0, 0.05) is 18.5 Å². The van der Waals surface area contributed by atoms with Gasteiger partial charge in [0.05, 0.1) is 11.2 Å². The highest BCUT2D eigenvalue weighted by Crippen LogP contribution is 2.23. The normalized spacial score (nSPS) is 12.2. The first-order valence-corrected chi connectivity index (χ1v) is 6.16. The number of rotatable bonds is 3. The van der Waals surface area contributed by atoms with Gasteiger partial charge in [-0.25, -0.2) is 0 Å². The van der Waals surface area contributed by atoms with Crippen LogP contribution in [0.2, 0.25) is 0 Å². The third kappa shape index (κ3) is 2.67. The lowest BCUT2D eigenvalue weighted by atomic mass is 9.92. The summed E-state index contributed by atoms with van der Waals surface area (Å²) < 4.78 is 2.09. The Morgan fingerprint density at radius 2 is 1.94 bits per heavy atom. The molecule has 92 valence electrons. The third-order valence-electron chi connectivity index (χ3n) is 3.00. The van der Waals surface area contributed by atoms with E-state index in [1.165, 1.54) is 10.9 Å². The van der Waals surface area contributed by atoms with Gasteiger partial charge in [-0.2, -0.15) is 5.10 Å². The molecule has 3 heteroatoms. The van der Waals surface area contributed by atoms with E-state index in [-0.39, 0.29) is 0 Å². The molecule has 2 aromatic rings. The summed E-state index contributed by atoms with van der Waals surface area (Å²) in [4.78, 5) is 0. The average molecular weight is 231 g/mol. The lowest BCUT2D eigenvalue weighted by molar-refractivity contribution is 0.343. The van der Waals surface area contributed by atoms with Crippen molar-refractivity contribution in [3.63, 3.8) is 0 Å². The molecule has 1 aromatic carbocycles. The van der Waals surface area contributed by atoms with Crippen molar-refractivity contribution in [2.24, 2.45) is 11.1 Å². The Morgan fingerprint density at radius 1 is 1.24 bits per heavy atom. The highest BCUT2D eigenvalue weighted by Gasteiger charge is 2.13. The molecule has 0 atom stereocenters. The molecule has 0 aliphatic heterocycles. The van der Waals surface area contributed by atoms with Crippen LogP contribution < -0.4 is 5.73 Å². The second kappa shape index (κ2) is 4.49. The lowest BCUT2D eigenvalue weighted by Crippen LogP contribution is -2.11. The number of nitrogens with zero attached hydrogens (tertiary/aromatic N) is 2. The Kier molecular flexibility index (Phi) is 3.20. The highest BCUT2D eigenvalue weighted by atomic mass is 15.3. The molecule has 2 N–H and O–H groups in total. The van der Waals surface area contributed by atoms with Gasteiger partial charge in [0.25, 0.3) is 0 Å². The molecule has 0 unspecified atom stereocenters. The summed E-state index contributed by atoms with van der Waals surface area (Å²) in [6.07, 6.45) is 1.11. The number of hydrogen-bond donors (Lipinski definition) is 1. The number of fused-ring (bicyclic) bond motifs is 1. The lowest BCUT2D eigenvalue weighted by Gasteiger charge is -2.17. The number of para-hydroxylation sites is 1. The SMILES string of the molecule is CC(C)(C)CCn1nc(CN)c2ccccc21. The van der Waals surface area contributed by atoms with Crippen LogP contribution in [-0.4, -0.2) is 9.78 Å². The molecule has 0 saturated carbocycles. The zero-order valence-electron chi connectivity index (χ0n) is 10.9. The van der Waals surface area contributed by atoms with Crippen molar-refractivity contribution in [3.8, 4) is 0 Å². The van der Waals surface area contributed by atoms with Crippen LogP contribution in [0.3, 0.4) is 0 Å². The van der Waals surface area contributed by atoms with Crippen LogP contribution in [0.15, 0.2) is 24.3 Å². The Hall–Kier alpha value is -1.35. The van der Waals surface area contributed by atoms with Crippen LogP contribution >= 0.6 is 0 Å². The van der Waals surface area contributed by atoms with Gasteiger partial charge in [0.2, 0.25) is 0 Å². The largest absolute Gasteiger partial charge is 0.325 e. The predicted octanol–water partition coefficient (Wildman–Crippen LogP) is 2.93. The van der Waals surface area contributed by atoms with Gasteiger partial charge in [-0.1, -0.05) is 39.0 Å². The van der Waals surface area contributed by atoms with E-state index in [1.807, 2.05) is 6.07 Å². The van der Waals surface area contributed by atoms with Crippen LogP contribution in [-0.2, 0) is 13.1 Å². The summed E-state index contributed by atoms with van der Waals surface area (Å²) >= 11 is 0. The number of nitrogens with two attached hydrogens (primary N) is 1. The van der Waals surface area contributed by atoms with Gasteiger partial charge in [-0.3, -0.25) is 4.68 Å². The Labute approximate surface area is 103 Å². The van der Waals surface area contributed by atoms with Crippen LogP contribution in [0.5, 0.6) is 0 Å². The van der Waals surface area contributed by atoms with Gasteiger partial charge < -0.3 is 5.73 Å². The van der Waals surface area contributed by atoms with Gasteiger partial charge in [-0.15, -0.1) is 0 Å². The summed E-state index contributed by atoms with van der Waals surface area (Å²) in [5, 5.41) is 5.79. The molecule has 0 fully saturated rings. The molecule has 0 bridgehead atoms. The summed E-state index contributed by atoms with van der Waals surface area (Å²) in [6, 6.07) is 8.30. The maximum absolute atomic E-state index is 5.74. The van der Waals surface area contributed by atoms with Crippen LogP contribution in [0.1, 0.15) is 32.9 Å². The van der Waals surface area contributed by atoms with E-state index in [4.69, 9.17) is 5.73 Å². The third-order valence-corrected chi connectivity index (χ3v) is 3.00. The summed E-state index contributed by atoms with van der Waals surface area (Å²) in [6.45, 7) is 8.21. The average Bonchev–Trinajstić information content (AvgIpc) is 2.64. The predicted molar refractivity (Wildman–Crippen MR) is 71.7 cm³/mol. The Balaban J connectivity index is 2.34. The standard InChI is InChI=1S/C14H21N3/c1-14(2,3)8-9-17-13-7-5-4-6-11(13)12(10-15)16-17/h4-7H,8-10,15H2,1-3H3. The van der Waals surface area contributed by atoms with Gasteiger partial charge >= 0.3 is 0 Å². The zero-order valence-corrected chi connectivity index (χ0v) is 10.9. The van der Waals surface area contributed by atoms with E-state index in [2.05, 4.69) is 48.8 Å². The van der Waals surface area contributed by atoms with Crippen molar-refractivity contribution < 1.29 is 0 Å². The Bertz CT molecular complexity index is 506. The number of aryl methyl sites for hydroxylation is 1. The number of aromatic nitrogens is 2. The topological polar surface area (TPSA) is 43.8 Å². The fraction of sp³-hybridized carbons (Fsp3) is 0.500. The molecule has 0 spiro atoms. The maximum atomic E-state index is 5.74. The minimum Gasteiger partial charge on any atom is -0.325 e. The summed E-state index contributed by atoms with van der Waals surface area (Å²) in [5.74, 6) is 0. The molecule has 1 aromatic heterocycles. The van der Waals surface area contributed by atoms with Crippen LogP contribution in [0, 0.1) is 5.41 Å². The van der Waals surface area contributed by atoms with E-state index in [1.54, 1.807) is 0 Å². The molecule has 0 aliphatic carbocycles. The molecule has 3 nitrogen and oxygen atoms in total. The van der Waals surface area contributed by atoms with E-state index in [9.17, 15) is 0 Å². The smallest absolute Gasteiger partial charge is 0.0838 e. The molecule has 0 radical (unpaired) electrons. The monoisotopic (exact) mass is 231 g/mol. The van der Waals surface area contributed by atoms with Crippen LogP contribution in [0.25, 0.3) is 10.9 Å². The molecule has 17 heavy (non-hydrogen) atoms. The quantitative estimate of drug-likeness (QED) is 0.882. The van der Waals surface area contributed by atoms with Crippen molar-refractivity contribution in [3.05, 3.63) is 30.0 Å². The fourth-order valence-electron chi connectivity index (χ4n) is 1.96. The van der Waals surface area contributed by atoms with E-state index in [0.717, 1.165) is 18.7 Å². The molecule has 0 saturated heterocycles. The molecule has 2 rings (SSSR count). The summed E-state index contributed by atoms with van der Waals surface area (Å²) in [5.41, 5.74) is 8.25. The van der Waals surface area contributed by atoms with Crippen molar-refractivity contribution >= 4 is 10.9 Å². The molecule has 0 amide bonds. The first-order chi connectivity index (χ1) is 8.01. The molecular weight excluding hydrogens is 210 g/mol. The maximum Gasteiger partial charge on any atom is 0.0838 e.